The van der Waals surface area contributed by atoms with Gasteiger partial charge in [-0.15, -0.1) is 36.2 Å². The van der Waals surface area contributed by atoms with E-state index in [0.717, 1.165) is 30.3 Å². The number of halogens is 2. The predicted molar refractivity (Wildman–Crippen MR) is 113 cm³/mol. The lowest BCUT2D eigenvalue weighted by Crippen LogP contribution is -2.39. The van der Waals surface area contributed by atoms with E-state index in [4.69, 9.17) is 0 Å². The van der Waals surface area contributed by atoms with Crippen molar-refractivity contribution in [3.63, 3.8) is 0 Å². The van der Waals surface area contributed by atoms with Gasteiger partial charge in [0.15, 0.2) is 0 Å². The Morgan fingerprint density at radius 2 is 2.12 bits per heavy atom. The van der Waals surface area contributed by atoms with E-state index in [1.54, 1.807) is 22.7 Å². The van der Waals surface area contributed by atoms with Crippen molar-refractivity contribution in [1.82, 2.24) is 15.2 Å². The van der Waals surface area contributed by atoms with Crippen molar-refractivity contribution in [3.05, 3.63) is 38.5 Å². The number of nitrogens with one attached hydrogen (secondary N) is 1. The minimum atomic E-state index is 0. The maximum atomic E-state index is 13.0. The number of hydrogen-bond donors (Lipinski definition) is 1. The molecule has 2 aliphatic rings. The largest absolute Gasteiger partial charge is 0.334 e. The second-order valence-corrected chi connectivity index (χ2v) is 8.86. The molecule has 0 radical (unpaired) electrons. The van der Waals surface area contributed by atoms with Crippen LogP contribution in [0, 0.1) is 12.3 Å². The summed E-state index contributed by atoms with van der Waals surface area (Å²) in [4.78, 5) is 19.7. The van der Waals surface area contributed by atoms with Crippen LogP contribution in [-0.2, 0) is 17.8 Å². The Morgan fingerprint density at radius 3 is 2.73 bits per heavy atom. The molecule has 2 aromatic rings. The maximum absolute atomic E-state index is 13.0. The van der Waals surface area contributed by atoms with Gasteiger partial charge in [0.1, 0.15) is 0 Å². The summed E-state index contributed by atoms with van der Waals surface area (Å²) in [7, 11) is 0. The maximum Gasteiger partial charge on any atom is 0.229 e. The molecule has 144 valence electrons. The number of carbonyl (C=O) groups excluding carboxylic acids is 1. The Balaban J connectivity index is 0.00000121. The highest BCUT2D eigenvalue weighted by molar-refractivity contribution is 7.09. The predicted octanol–water partition coefficient (Wildman–Crippen LogP) is 4.07. The van der Waals surface area contributed by atoms with Crippen LogP contribution in [0.15, 0.2) is 22.2 Å². The molecule has 0 bridgehead atoms. The quantitative estimate of drug-likeness (QED) is 0.772. The zero-order chi connectivity index (χ0) is 16.6. The van der Waals surface area contributed by atoms with Crippen LogP contribution < -0.4 is 5.32 Å². The first-order chi connectivity index (χ1) is 11.7. The highest BCUT2D eigenvalue weighted by Gasteiger charge is 2.57. The number of aromatic nitrogens is 1. The first-order valence-corrected chi connectivity index (χ1v) is 10.4. The molecule has 1 amide bonds. The summed E-state index contributed by atoms with van der Waals surface area (Å²) in [5, 5.41) is 10.7. The molecule has 1 aliphatic carbocycles. The van der Waals surface area contributed by atoms with Gasteiger partial charge in [-0.1, -0.05) is 0 Å². The highest BCUT2D eigenvalue weighted by Crippen LogP contribution is 2.56. The minimum absolute atomic E-state index is 0. The van der Waals surface area contributed by atoms with Gasteiger partial charge in [0.25, 0.3) is 0 Å². The van der Waals surface area contributed by atoms with Crippen LogP contribution in [0.1, 0.15) is 35.5 Å². The molecule has 1 spiro atoms. The Morgan fingerprint density at radius 1 is 1.35 bits per heavy atom. The van der Waals surface area contributed by atoms with Gasteiger partial charge in [-0.05, 0) is 67.1 Å². The molecule has 1 unspecified atom stereocenters. The lowest BCUT2D eigenvalue weighted by Gasteiger charge is -2.29. The molecule has 0 aromatic carbocycles. The smallest absolute Gasteiger partial charge is 0.229 e. The Hall–Kier alpha value is -0.660. The van der Waals surface area contributed by atoms with Crippen LogP contribution >= 0.6 is 47.5 Å². The van der Waals surface area contributed by atoms with Gasteiger partial charge in [-0.2, -0.15) is 11.3 Å². The molecule has 1 aliphatic heterocycles. The third-order valence-corrected chi connectivity index (χ3v) is 6.93. The summed E-state index contributed by atoms with van der Waals surface area (Å²) in [6, 6.07) is 2.54. The molecular weight excluding hydrogens is 409 g/mol. The SMILES string of the molecule is Cc1nc(CC(=O)N(Cc2ccsc2)C2CC23CCNCC3)cs1.Cl.Cl. The van der Waals surface area contributed by atoms with E-state index < -0.39 is 0 Å². The van der Waals surface area contributed by atoms with E-state index in [0.29, 0.717) is 17.9 Å². The van der Waals surface area contributed by atoms with Crippen LogP contribution in [0.3, 0.4) is 0 Å². The van der Waals surface area contributed by atoms with Crippen LogP contribution in [-0.4, -0.2) is 34.9 Å². The number of thiazole rings is 1. The molecular formula is C18H25Cl2N3OS2. The first-order valence-electron chi connectivity index (χ1n) is 8.59. The van der Waals surface area contributed by atoms with Crippen molar-refractivity contribution in [2.24, 2.45) is 5.41 Å². The first kappa shape index (κ1) is 21.6. The minimum Gasteiger partial charge on any atom is -0.334 e. The summed E-state index contributed by atoms with van der Waals surface area (Å²) in [5.41, 5.74) is 2.53. The Bertz CT molecular complexity index is 714. The lowest BCUT2D eigenvalue weighted by molar-refractivity contribution is -0.132. The van der Waals surface area contributed by atoms with Gasteiger partial charge < -0.3 is 10.2 Å². The van der Waals surface area contributed by atoms with Crippen LogP contribution in [0.5, 0.6) is 0 Å². The molecule has 1 saturated carbocycles. The zero-order valence-corrected chi connectivity index (χ0v) is 18.0. The van der Waals surface area contributed by atoms with Crippen molar-refractivity contribution in [1.29, 1.82) is 0 Å². The topological polar surface area (TPSA) is 45.2 Å². The summed E-state index contributed by atoms with van der Waals surface area (Å²) in [6.07, 6.45) is 3.99. The molecule has 2 fully saturated rings. The molecule has 1 atom stereocenters. The molecule has 3 heterocycles. The standard InChI is InChI=1S/C18H23N3OS2.2ClH/c1-13-20-15(12-24-13)8-17(22)21(10-14-2-7-23-11-14)16-9-18(16)3-5-19-6-4-18;;/h2,7,11-12,16,19H,3-6,8-10H2,1H3;2*1H. The monoisotopic (exact) mass is 433 g/mol. The third kappa shape index (κ3) is 4.60. The molecule has 4 nitrogen and oxygen atoms in total. The number of nitrogens with zero attached hydrogens (tertiary/aromatic N) is 2. The van der Waals surface area contributed by atoms with Crippen LogP contribution in [0.4, 0.5) is 0 Å². The van der Waals surface area contributed by atoms with Gasteiger partial charge in [0.2, 0.25) is 5.91 Å². The molecule has 26 heavy (non-hydrogen) atoms. The Kier molecular flexibility index (Phi) is 7.51. The van der Waals surface area contributed by atoms with E-state index in [9.17, 15) is 4.79 Å². The number of carbonyl (C=O) groups is 1. The summed E-state index contributed by atoms with van der Waals surface area (Å²) in [5.74, 6) is 0.229. The average Bonchev–Trinajstić information content (AvgIpc) is 2.96. The summed E-state index contributed by atoms with van der Waals surface area (Å²) < 4.78 is 0. The third-order valence-electron chi connectivity index (χ3n) is 5.37. The average molecular weight is 434 g/mol. The van der Waals surface area contributed by atoms with Crippen molar-refractivity contribution in [2.75, 3.05) is 13.1 Å². The fraction of sp³-hybridized carbons (Fsp3) is 0.556. The number of rotatable bonds is 5. The second-order valence-electron chi connectivity index (χ2n) is 7.02. The van der Waals surface area contributed by atoms with Crippen molar-refractivity contribution >= 4 is 53.4 Å². The number of amides is 1. The van der Waals surface area contributed by atoms with Crippen molar-refractivity contribution in [2.45, 2.75) is 45.2 Å². The Labute approximate surface area is 175 Å². The molecule has 8 heteroatoms. The van der Waals surface area contributed by atoms with E-state index in [1.165, 1.54) is 24.8 Å². The van der Waals surface area contributed by atoms with Gasteiger partial charge in [-0.3, -0.25) is 4.79 Å². The van der Waals surface area contributed by atoms with Gasteiger partial charge in [0, 0.05) is 18.0 Å². The summed E-state index contributed by atoms with van der Waals surface area (Å²) in [6.45, 7) is 4.91. The number of piperidine rings is 1. The number of aryl methyl sites for hydroxylation is 1. The number of thiophene rings is 1. The molecule has 4 rings (SSSR count). The van der Waals surface area contributed by atoms with E-state index in [2.05, 4.69) is 32.0 Å². The second kappa shape index (κ2) is 9.02. The van der Waals surface area contributed by atoms with E-state index in [1.807, 2.05) is 12.3 Å². The normalized spacial score (nSPS) is 20.1. The van der Waals surface area contributed by atoms with Gasteiger partial charge >= 0.3 is 0 Å². The van der Waals surface area contributed by atoms with Crippen LogP contribution in [0.25, 0.3) is 0 Å². The fourth-order valence-corrected chi connectivity index (χ4v) is 5.20. The molecule has 1 N–H and O–H groups in total. The lowest BCUT2D eigenvalue weighted by atomic mass is 9.93. The zero-order valence-electron chi connectivity index (χ0n) is 14.8. The van der Waals surface area contributed by atoms with Gasteiger partial charge in [0.05, 0.1) is 17.1 Å². The van der Waals surface area contributed by atoms with Crippen LogP contribution in [0.2, 0.25) is 0 Å². The fourth-order valence-electron chi connectivity index (χ4n) is 3.93. The molecule has 1 saturated heterocycles. The summed E-state index contributed by atoms with van der Waals surface area (Å²) >= 11 is 3.32. The number of hydrogen-bond acceptors (Lipinski definition) is 5. The van der Waals surface area contributed by atoms with E-state index >= 15 is 0 Å². The van der Waals surface area contributed by atoms with Gasteiger partial charge in [-0.25, -0.2) is 4.98 Å². The van der Waals surface area contributed by atoms with Crippen molar-refractivity contribution in [3.8, 4) is 0 Å². The van der Waals surface area contributed by atoms with E-state index in [-0.39, 0.29) is 30.7 Å². The van der Waals surface area contributed by atoms with Crippen molar-refractivity contribution < 1.29 is 4.79 Å². The molecule has 2 aromatic heterocycles. The highest BCUT2D eigenvalue weighted by atomic mass is 35.5.